The molecule has 1 aliphatic heterocycles. The Morgan fingerprint density at radius 1 is 1.06 bits per heavy atom. The van der Waals surface area contributed by atoms with Gasteiger partial charge in [-0.3, -0.25) is 4.90 Å². The summed E-state index contributed by atoms with van der Waals surface area (Å²) in [5.74, 6) is 0. The molecule has 1 aromatic carbocycles. The molecule has 0 amide bonds. The van der Waals surface area contributed by atoms with Crippen LogP contribution in [0.4, 0.5) is 0 Å². The Hall–Kier alpha value is -0.860. The zero-order valence-corrected chi connectivity index (χ0v) is 10.5. The van der Waals surface area contributed by atoms with E-state index in [2.05, 4.69) is 35.2 Å². The van der Waals surface area contributed by atoms with E-state index in [1.807, 2.05) is 13.8 Å². The summed E-state index contributed by atoms with van der Waals surface area (Å²) in [5.41, 5.74) is 1.44. The number of hydrogen-bond acceptors (Lipinski definition) is 2. The minimum atomic E-state index is 0.844. The molecule has 1 aromatic rings. The highest BCUT2D eigenvalue weighted by molar-refractivity contribution is 5.14. The summed E-state index contributed by atoms with van der Waals surface area (Å²) in [7, 11) is 0. The molecule has 0 aromatic heterocycles. The molecule has 2 heteroatoms. The first-order chi connectivity index (χ1) is 7.86. The topological polar surface area (TPSA) is 12.5 Å². The SMILES string of the molecule is CCOCC.c1ccc(CN2CCC2)cc1. The van der Waals surface area contributed by atoms with Gasteiger partial charge in [-0.25, -0.2) is 0 Å². The first kappa shape index (κ1) is 13.2. The van der Waals surface area contributed by atoms with E-state index in [9.17, 15) is 0 Å². The van der Waals surface area contributed by atoms with E-state index in [4.69, 9.17) is 4.74 Å². The van der Waals surface area contributed by atoms with Crippen LogP contribution in [0.5, 0.6) is 0 Å². The molecule has 0 saturated carbocycles. The monoisotopic (exact) mass is 221 g/mol. The molecular formula is C14H23NO. The largest absolute Gasteiger partial charge is 0.382 e. The van der Waals surface area contributed by atoms with E-state index in [0.717, 1.165) is 19.8 Å². The van der Waals surface area contributed by atoms with Crippen molar-refractivity contribution in [2.75, 3.05) is 26.3 Å². The molecule has 0 N–H and O–H groups in total. The molecule has 0 radical (unpaired) electrons. The lowest BCUT2D eigenvalue weighted by Crippen LogP contribution is -2.36. The Morgan fingerprint density at radius 3 is 2.06 bits per heavy atom. The molecule has 1 aliphatic rings. The molecule has 1 saturated heterocycles. The van der Waals surface area contributed by atoms with Crippen molar-refractivity contribution >= 4 is 0 Å². The van der Waals surface area contributed by atoms with E-state index in [0.29, 0.717) is 0 Å². The number of likely N-dealkylation sites (tertiary alicyclic amines) is 1. The lowest BCUT2D eigenvalue weighted by atomic mass is 10.1. The number of hydrogen-bond donors (Lipinski definition) is 0. The third kappa shape index (κ3) is 5.29. The number of benzene rings is 1. The highest BCUT2D eigenvalue weighted by Gasteiger charge is 2.12. The van der Waals surface area contributed by atoms with Crippen LogP contribution in [-0.4, -0.2) is 31.2 Å². The predicted molar refractivity (Wildman–Crippen MR) is 68.5 cm³/mol. The van der Waals surface area contributed by atoms with Gasteiger partial charge in [-0.2, -0.15) is 0 Å². The molecule has 0 aliphatic carbocycles. The van der Waals surface area contributed by atoms with Crippen LogP contribution >= 0.6 is 0 Å². The molecule has 2 nitrogen and oxygen atoms in total. The van der Waals surface area contributed by atoms with Gasteiger partial charge < -0.3 is 4.74 Å². The summed E-state index contributed by atoms with van der Waals surface area (Å²) in [4.78, 5) is 2.47. The summed E-state index contributed by atoms with van der Waals surface area (Å²) in [6.45, 7) is 9.38. The summed E-state index contributed by atoms with van der Waals surface area (Å²) in [6.07, 6.45) is 1.38. The van der Waals surface area contributed by atoms with Crippen molar-refractivity contribution in [3.05, 3.63) is 35.9 Å². The smallest absolute Gasteiger partial charge is 0.0437 e. The fraction of sp³-hybridized carbons (Fsp3) is 0.571. The molecule has 0 spiro atoms. The lowest BCUT2D eigenvalue weighted by molar-refractivity contribution is 0.162. The summed E-state index contributed by atoms with van der Waals surface area (Å²) in [5, 5.41) is 0. The van der Waals surface area contributed by atoms with Gasteiger partial charge in [0, 0.05) is 19.8 Å². The van der Waals surface area contributed by atoms with Crippen molar-refractivity contribution in [3.63, 3.8) is 0 Å². The molecule has 0 atom stereocenters. The third-order valence-corrected chi connectivity index (χ3v) is 2.61. The average molecular weight is 221 g/mol. The Morgan fingerprint density at radius 2 is 1.69 bits per heavy atom. The number of rotatable bonds is 4. The molecule has 90 valence electrons. The molecule has 1 fully saturated rings. The second-order valence-electron chi connectivity index (χ2n) is 3.90. The van der Waals surface area contributed by atoms with E-state index in [1.54, 1.807) is 0 Å². The first-order valence-electron chi connectivity index (χ1n) is 6.20. The summed E-state index contributed by atoms with van der Waals surface area (Å²) >= 11 is 0. The van der Waals surface area contributed by atoms with Crippen molar-refractivity contribution in [3.8, 4) is 0 Å². The Bertz CT molecular complexity index is 255. The Balaban J connectivity index is 0.000000221. The molecule has 2 rings (SSSR count). The van der Waals surface area contributed by atoms with E-state index in [1.165, 1.54) is 25.1 Å². The highest BCUT2D eigenvalue weighted by Crippen LogP contribution is 2.11. The minimum absolute atomic E-state index is 0.844. The third-order valence-electron chi connectivity index (χ3n) is 2.61. The van der Waals surface area contributed by atoms with Crippen LogP contribution in [0.1, 0.15) is 25.8 Å². The number of ether oxygens (including phenoxy) is 1. The Labute approximate surface area is 99.2 Å². The normalized spacial score (nSPS) is 14.9. The Kier molecular flexibility index (Phi) is 6.86. The zero-order valence-electron chi connectivity index (χ0n) is 10.5. The van der Waals surface area contributed by atoms with Gasteiger partial charge in [0.15, 0.2) is 0 Å². The standard InChI is InChI=1S/C10H13N.C4H10O/c1-2-5-10(6-3-1)9-11-7-4-8-11;1-3-5-4-2/h1-3,5-6H,4,7-9H2;3-4H2,1-2H3. The lowest BCUT2D eigenvalue weighted by Gasteiger charge is -2.30. The van der Waals surface area contributed by atoms with Crippen molar-refractivity contribution in [1.29, 1.82) is 0 Å². The maximum absolute atomic E-state index is 4.83. The van der Waals surface area contributed by atoms with Crippen molar-refractivity contribution < 1.29 is 4.74 Å². The van der Waals surface area contributed by atoms with Crippen LogP contribution in [-0.2, 0) is 11.3 Å². The van der Waals surface area contributed by atoms with Gasteiger partial charge in [0.05, 0.1) is 0 Å². The predicted octanol–water partition coefficient (Wildman–Crippen LogP) is 2.94. The van der Waals surface area contributed by atoms with Gasteiger partial charge in [-0.15, -0.1) is 0 Å². The maximum atomic E-state index is 4.83. The fourth-order valence-corrected chi connectivity index (χ4v) is 1.59. The van der Waals surface area contributed by atoms with Gasteiger partial charge in [0.1, 0.15) is 0 Å². The maximum Gasteiger partial charge on any atom is 0.0437 e. The summed E-state index contributed by atoms with van der Waals surface area (Å²) < 4.78 is 4.83. The van der Waals surface area contributed by atoms with Crippen LogP contribution in [0.15, 0.2) is 30.3 Å². The minimum Gasteiger partial charge on any atom is -0.382 e. The number of nitrogens with zero attached hydrogens (tertiary/aromatic N) is 1. The van der Waals surface area contributed by atoms with Crippen molar-refractivity contribution in [1.82, 2.24) is 4.90 Å². The summed E-state index contributed by atoms with van der Waals surface area (Å²) in [6, 6.07) is 10.7. The van der Waals surface area contributed by atoms with Crippen LogP contribution < -0.4 is 0 Å². The van der Waals surface area contributed by atoms with Gasteiger partial charge in [0.25, 0.3) is 0 Å². The van der Waals surface area contributed by atoms with Gasteiger partial charge in [0.2, 0.25) is 0 Å². The van der Waals surface area contributed by atoms with Gasteiger partial charge in [-0.05, 0) is 38.9 Å². The molecule has 0 bridgehead atoms. The van der Waals surface area contributed by atoms with Crippen molar-refractivity contribution in [2.45, 2.75) is 26.8 Å². The van der Waals surface area contributed by atoms with E-state index < -0.39 is 0 Å². The van der Waals surface area contributed by atoms with E-state index >= 15 is 0 Å². The quantitative estimate of drug-likeness (QED) is 0.775. The zero-order chi connectivity index (χ0) is 11.6. The van der Waals surface area contributed by atoms with Crippen LogP contribution in [0.2, 0.25) is 0 Å². The molecular weight excluding hydrogens is 198 g/mol. The first-order valence-corrected chi connectivity index (χ1v) is 6.20. The van der Waals surface area contributed by atoms with E-state index in [-0.39, 0.29) is 0 Å². The average Bonchev–Trinajstić information content (AvgIpc) is 2.27. The molecule has 1 heterocycles. The highest BCUT2D eigenvalue weighted by atomic mass is 16.5. The second kappa shape index (κ2) is 8.31. The van der Waals surface area contributed by atoms with Crippen molar-refractivity contribution in [2.24, 2.45) is 0 Å². The molecule has 0 unspecified atom stereocenters. The molecule has 16 heavy (non-hydrogen) atoms. The van der Waals surface area contributed by atoms with Gasteiger partial charge >= 0.3 is 0 Å². The fourth-order valence-electron chi connectivity index (χ4n) is 1.59. The van der Waals surface area contributed by atoms with Crippen LogP contribution in [0.3, 0.4) is 0 Å². The van der Waals surface area contributed by atoms with Gasteiger partial charge in [-0.1, -0.05) is 30.3 Å². The van der Waals surface area contributed by atoms with Crippen LogP contribution in [0, 0.1) is 0 Å². The second-order valence-corrected chi connectivity index (χ2v) is 3.90. The van der Waals surface area contributed by atoms with Crippen LogP contribution in [0.25, 0.3) is 0 Å².